The summed E-state index contributed by atoms with van der Waals surface area (Å²) in [7, 11) is 0. The van der Waals surface area contributed by atoms with Gasteiger partial charge in [-0.1, -0.05) is 64.5 Å². The van der Waals surface area contributed by atoms with Gasteiger partial charge in [0.05, 0.1) is 12.6 Å². The molecular formula is C29H27BrN2O4. The van der Waals surface area contributed by atoms with Gasteiger partial charge in [-0.25, -0.2) is 9.59 Å². The number of nitrogens with zero attached hydrogens (tertiary/aromatic N) is 1. The molecule has 3 atom stereocenters. The molecule has 2 aliphatic heterocycles. The van der Waals surface area contributed by atoms with Gasteiger partial charge < -0.3 is 19.7 Å². The Morgan fingerprint density at radius 1 is 0.972 bits per heavy atom. The topological polar surface area (TPSA) is 67.9 Å². The first kappa shape index (κ1) is 23.1. The Kier molecular flexibility index (Phi) is 5.96. The average Bonchev–Trinajstić information content (AvgIpc) is 3.47. The second-order valence-corrected chi connectivity index (χ2v) is 10.4. The molecule has 0 saturated carbocycles. The maximum absolute atomic E-state index is 13.5. The number of amides is 1. The van der Waals surface area contributed by atoms with Gasteiger partial charge in [-0.05, 0) is 59.4 Å². The number of carbonyl (C=O) groups is 2. The van der Waals surface area contributed by atoms with Crippen LogP contribution in [0.5, 0.6) is 0 Å². The molecule has 0 radical (unpaired) electrons. The van der Waals surface area contributed by atoms with Crippen LogP contribution in [0.2, 0.25) is 0 Å². The van der Waals surface area contributed by atoms with Crippen molar-refractivity contribution in [3.63, 3.8) is 0 Å². The number of rotatable bonds is 4. The lowest BCUT2D eigenvalue weighted by molar-refractivity contribution is -0.145. The van der Waals surface area contributed by atoms with Crippen LogP contribution < -0.4 is 5.32 Å². The Bertz CT molecular complexity index is 1300. The molecule has 1 aliphatic carbocycles. The number of fused-ring (bicyclic) bond motifs is 6. The fourth-order valence-electron chi connectivity index (χ4n) is 6.10. The smallest absolute Gasteiger partial charge is 0.410 e. The molecule has 6 rings (SSSR count). The molecule has 0 aromatic heterocycles. The molecule has 2 heterocycles. The van der Waals surface area contributed by atoms with E-state index >= 15 is 0 Å². The molecule has 3 aliphatic rings. The van der Waals surface area contributed by atoms with E-state index in [1.165, 1.54) is 22.3 Å². The molecule has 184 valence electrons. The third kappa shape index (κ3) is 3.77. The van der Waals surface area contributed by atoms with E-state index < -0.39 is 6.04 Å². The molecule has 6 nitrogen and oxygen atoms in total. The number of halogens is 1. The van der Waals surface area contributed by atoms with Crippen LogP contribution in [0.3, 0.4) is 0 Å². The summed E-state index contributed by atoms with van der Waals surface area (Å²) in [5, 5.41) is 3.36. The second-order valence-electron chi connectivity index (χ2n) is 9.50. The van der Waals surface area contributed by atoms with Crippen molar-refractivity contribution < 1.29 is 19.1 Å². The molecule has 1 fully saturated rings. The molecule has 1 saturated heterocycles. The molecule has 0 spiro atoms. The highest BCUT2D eigenvalue weighted by Crippen LogP contribution is 2.48. The number of carbonyl (C=O) groups excluding carboxylic acids is 2. The van der Waals surface area contributed by atoms with Crippen LogP contribution in [0, 0.1) is 5.92 Å². The lowest BCUT2D eigenvalue weighted by Crippen LogP contribution is -2.46. The van der Waals surface area contributed by atoms with E-state index in [0.717, 1.165) is 15.7 Å². The van der Waals surface area contributed by atoms with E-state index in [1.807, 2.05) is 42.5 Å². The van der Waals surface area contributed by atoms with Gasteiger partial charge in [-0.15, -0.1) is 0 Å². The molecule has 0 unspecified atom stereocenters. The third-order valence-electron chi connectivity index (χ3n) is 7.63. The summed E-state index contributed by atoms with van der Waals surface area (Å²) in [6, 6.07) is 21.8. The van der Waals surface area contributed by atoms with Gasteiger partial charge in [0.1, 0.15) is 12.6 Å². The van der Waals surface area contributed by atoms with Crippen molar-refractivity contribution in [2.24, 2.45) is 5.92 Å². The Morgan fingerprint density at radius 2 is 1.67 bits per heavy atom. The fourth-order valence-corrected chi connectivity index (χ4v) is 6.47. The van der Waals surface area contributed by atoms with E-state index in [0.29, 0.717) is 19.6 Å². The van der Waals surface area contributed by atoms with Crippen LogP contribution in [-0.4, -0.2) is 42.8 Å². The maximum Gasteiger partial charge on any atom is 0.410 e. The first-order chi connectivity index (χ1) is 17.6. The van der Waals surface area contributed by atoms with E-state index in [1.54, 1.807) is 11.8 Å². The van der Waals surface area contributed by atoms with Gasteiger partial charge in [0.15, 0.2) is 0 Å². The second kappa shape index (κ2) is 9.28. The first-order valence-corrected chi connectivity index (χ1v) is 13.2. The van der Waals surface area contributed by atoms with Crippen LogP contribution in [0.25, 0.3) is 11.1 Å². The zero-order valence-corrected chi connectivity index (χ0v) is 21.5. The van der Waals surface area contributed by atoms with Crippen LogP contribution in [0.15, 0.2) is 71.2 Å². The number of hydrogen-bond acceptors (Lipinski definition) is 5. The van der Waals surface area contributed by atoms with Gasteiger partial charge in [0.25, 0.3) is 0 Å². The minimum Gasteiger partial charge on any atom is -0.464 e. The summed E-state index contributed by atoms with van der Waals surface area (Å²) >= 11 is 3.57. The van der Waals surface area contributed by atoms with Crippen molar-refractivity contribution in [3.05, 3.63) is 87.9 Å². The lowest BCUT2D eigenvalue weighted by Gasteiger charge is -2.38. The summed E-state index contributed by atoms with van der Waals surface area (Å²) in [6.45, 7) is 2.92. The Morgan fingerprint density at radius 3 is 2.36 bits per heavy atom. The predicted octanol–water partition coefficient (Wildman–Crippen LogP) is 6.12. The summed E-state index contributed by atoms with van der Waals surface area (Å²) < 4.78 is 12.3. The van der Waals surface area contributed by atoms with Crippen LogP contribution in [0.4, 0.5) is 10.5 Å². The van der Waals surface area contributed by atoms with Crippen molar-refractivity contribution in [2.45, 2.75) is 31.3 Å². The van der Waals surface area contributed by atoms with Gasteiger partial charge in [0, 0.05) is 28.5 Å². The van der Waals surface area contributed by atoms with Crippen molar-refractivity contribution in [2.75, 3.05) is 25.1 Å². The number of esters is 1. The summed E-state index contributed by atoms with van der Waals surface area (Å²) in [5.74, 6) is -0.372. The highest BCUT2D eigenvalue weighted by Gasteiger charge is 2.49. The first-order valence-electron chi connectivity index (χ1n) is 12.4. The molecule has 0 bridgehead atoms. The molecule has 1 amide bonds. The average molecular weight is 547 g/mol. The van der Waals surface area contributed by atoms with Crippen molar-refractivity contribution >= 4 is 33.7 Å². The minimum atomic E-state index is -0.505. The van der Waals surface area contributed by atoms with Crippen LogP contribution >= 0.6 is 15.9 Å². The highest BCUT2D eigenvalue weighted by molar-refractivity contribution is 9.10. The van der Waals surface area contributed by atoms with E-state index in [9.17, 15) is 9.59 Å². The molecule has 36 heavy (non-hydrogen) atoms. The quantitative estimate of drug-likeness (QED) is 0.399. The standard InChI is InChI=1S/C29H27BrN2O4/c1-2-35-28(33)26-22-13-14-32(27(22)23-15-17(30)11-12-25(23)31-26)29(34)36-16-24-20-9-5-3-7-18(20)19-8-4-6-10-21(19)24/h3-12,15,22,24,26-27,31H,2,13-14,16H2,1H3/t22-,26-,27-/m0/s1. The number of anilines is 1. The van der Waals surface area contributed by atoms with E-state index in [-0.39, 0.29) is 36.5 Å². The van der Waals surface area contributed by atoms with Gasteiger partial charge >= 0.3 is 12.1 Å². The third-order valence-corrected chi connectivity index (χ3v) is 8.12. The van der Waals surface area contributed by atoms with Crippen LogP contribution in [0.1, 0.15) is 42.0 Å². The number of ether oxygens (including phenoxy) is 2. The van der Waals surface area contributed by atoms with Crippen molar-refractivity contribution in [1.29, 1.82) is 0 Å². The fraction of sp³-hybridized carbons (Fsp3) is 0.310. The van der Waals surface area contributed by atoms with E-state index in [2.05, 4.69) is 45.5 Å². The minimum absolute atomic E-state index is 0.00137. The molecule has 3 aromatic rings. The summed E-state index contributed by atoms with van der Waals surface area (Å²) in [4.78, 5) is 28.1. The van der Waals surface area contributed by atoms with Crippen molar-refractivity contribution in [1.82, 2.24) is 4.90 Å². The maximum atomic E-state index is 13.5. The van der Waals surface area contributed by atoms with Crippen LogP contribution in [-0.2, 0) is 14.3 Å². The SMILES string of the molecule is CCOC(=O)[C@H]1Nc2ccc(Br)cc2[C@@H]2[C@H]1CCN2C(=O)OCC1c2ccccc2-c2ccccc21. The highest BCUT2D eigenvalue weighted by atomic mass is 79.9. The molecule has 7 heteroatoms. The largest absolute Gasteiger partial charge is 0.464 e. The van der Waals surface area contributed by atoms with E-state index in [4.69, 9.17) is 9.47 Å². The number of hydrogen-bond donors (Lipinski definition) is 1. The van der Waals surface area contributed by atoms with Crippen molar-refractivity contribution in [3.8, 4) is 11.1 Å². The zero-order valence-electron chi connectivity index (χ0n) is 19.9. The Balaban J connectivity index is 1.26. The number of likely N-dealkylation sites (tertiary alicyclic amines) is 1. The summed E-state index contributed by atoms with van der Waals surface area (Å²) in [6.07, 6.45) is 0.344. The Labute approximate surface area is 218 Å². The summed E-state index contributed by atoms with van der Waals surface area (Å²) in [5.41, 5.74) is 6.60. The zero-order chi connectivity index (χ0) is 24.8. The monoisotopic (exact) mass is 546 g/mol. The molecule has 1 N–H and O–H groups in total. The normalized spacial score (nSPS) is 21.6. The van der Waals surface area contributed by atoms with Gasteiger partial charge in [-0.3, -0.25) is 0 Å². The predicted molar refractivity (Wildman–Crippen MR) is 141 cm³/mol. The number of benzene rings is 3. The Hall–Kier alpha value is -3.32. The molecule has 3 aromatic carbocycles. The van der Waals surface area contributed by atoms with Gasteiger partial charge in [-0.2, -0.15) is 0 Å². The number of nitrogens with one attached hydrogen (secondary N) is 1. The van der Waals surface area contributed by atoms with Gasteiger partial charge in [0.2, 0.25) is 0 Å². The molecular weight excluding hydrogens is 520 g/mol. The lowest BCUT2D eigenvalue weighted by atomic mass is 9.83.